The van der Waals surface area contributed by atoms with Gasteiger partial charge in [-0.2, -0.15) is 0 Å². The number of anilines is 3. The number of hydrogen-bond acceptors (Lipinski definition) is 3. The minimum atomic E-state index is -0.430. The van der Waals surface area contributed by atoms with Crippen LogP contribution in [0.4, 0.5) is 21.9 Å². The summed E-state index contributed by atoms with van der Waals surface area (Å²) in [6.45, 7) is 1.78. The van der Waals surface area contributed by atoms with E-state index in [9.17, 15) is 9.59 Å². The summed E-state index contributed by atoms with van der Waals surface area (Å²) in [5.74, 6) is 0.217. The fourth-order valence-corrected chi connectivity index (χ4v) is 2.48. The van der Waals surface area contributed by atoms with E-state index in [1.165, 1.54) is 0 Å². The lowest BCUT2D eigenvalue weighted by molar-refractivity contribution is -0.118. The van der Waals surface area contributed by atoms with Crippen molar-refractivity contribution >= 4 is 40.6 Å². The average molecular weight is 332 g/mol. The van der Waals surface area contributed by atoms with E-state index in [2.05, 4.69) is 16.0 Å². The Bertz CT molecular complexity index is 792. The number of fused-ring (bicyclic) bond motifs is 1. The number of urea groups is 1. The molecule has 0 aromatic heterocycles. The van der Waals surface area contributed by atoms with E-state index in [-0.39, 0.29) is 12.5 Å². The van der Waals surface area contributed by atoms with Gasteiger partial charge < -0.3 is 20.7 Å². The number of carbonyl (C=O) groups is 2. The maximum absolute atomic E-state index is 12.1. The third-order valence-electron chi connectivity index (χ3n) is 3.19. The van der Waals surface area contributed by atoms with E-state index >= 15 is 0 Å². The molecule has 7 heteroatoms. The van der Waals surface area contributed by atoms with Gasteiger partial charge in [-0.1, -0.05) is 17.7 Å². The zero-order chi connectivity index (χ0) is 16.4. The predicted molar refractivity (Wildman–Crippen MR) is 89.4 cm³/mol. The molecule has 3 amide bonds. The Morgan fingerprint density at radius 1 is 1.26 bits per heavy atom. The molecule has 0 saturated carbocycles. The molecule has 3 N–H and O–H groups in total. The lowest BCUT2D eigenvalue weighted by Gasteiger charge is -2.21. The number of halogens is 1. The Morgan fingerprint density at radius 2 is 2.09 bits per heavy atom. The topological polar surface area (TPSA) is 79.5 Å². The smallest absolute Gasteiger partial charge is 0.323 e. The van der Waals surface area contributed by atoms with E-state index in [0.29, 0.717) is 27.8 Å². The molecular weight excluding hydrogens is 318 g/mol. The molecule has 1 aliphatic rings. The zero-order valence-electron chi connectivity index (χ0n) is 12.3. The number of carbonyl (C=O) groups excluding carboxylic acids is 2. The van der Waals surface area contributed by atoms with E-state index < -0.39 is 6.03 Å². The van der Waals surface area contributed by atoms with Crippen LogP contribution in [0.5, 0.6) is 5.75 Å². The lowest BCUT2D eigenvalue weighted by Crippen LogP contribution is -2.27. The van der Waals surface area contributed by atoms with Crippen molar-refractivity contribution in [1.29, 1.82) is 0 Å². The van der Waals surface area contributed by atoms with Crippen LogP contribution in [0.25, 0.3) is 0 Å². The van der Waals surface area contributed by atoms with Crippen LogP contribution in [0.3, 0.4) is 0 Å². The van der Waals surface area contributed by atoms with Crippen molar-refractivity contribution in [1.82, 2.24) is 0 Å². The molecular formula is C16H14ClN3O3. The van der Waals surface area contributed by atoms with Crippen molar-refractivity contribution in [2.75, 3.05) is 22.6 Å². The molecule has 0 bridgehead atoms. The van der Waals surface area contributed by atoms with Crippen LogP contribution in [0.15, 0.2) is 36.4 Å². The maximum Gasteiger partial charge on any atom is 0.323 e. The summed E-state index contributed by atoms with van der Waals surface area (Å²) in [5, 5.41) is 8.66. The van der Waals surface area contributed by atoms with Crippen LogP contribution in [0.1, 0.15) is 5.56 Å². The largest absolute Gasteiger partial charge is 0.479 e. The molecule has 0 radical (unpaired) electrons. The Balaban J connectivity index is 1.80. The average Bonchev–Trinajstić information content (AvgIpc) is 2.46. The Kier molecular flexibility index (Phi) is 4.08. The van der Waals surface area contributed by atoms with Crippen LogP contribution >= 0.6 is 11.6 Å². The second kappa shape index (κ2) is 6.18. The van der Waals surface area contributed by atoms with Crippen molar-refractivity contribution in [2.24, 2.45) is 0 Å². The molecule has 2 aromatic carbocycles. The first-order chi connectivity index (χ1) is 11.0. The first-order valence-corrected chi connectivity index (χ1v) is 7.30. The van der Waals surface area contributed by atoms with Gasteiger partial charge in [0.15, 0.2) is 12.4 Å². The second-order valence-corrected chi connectivity index (χ2v) is 5.55. The molecule has 6 nitrogen and oxygen atoms in total. The summed E-state index contributed by atoms with van der Waals surface area (Å²) in [6.07, 6.45) is 0. The van der Waals surface area contributed by atoms with Gasteiger partial charge in [-0.25, -0.2) is 4.79 Å². The van der Waals surface area contributed by atoms with Crippen LogP contribution in [0, 0.1) is 6.92 Å². The minimum absolute atomic E-state index is 0.0827. The van der Waals surface area contributed by atoms with Crippen LogP contribution in [-0.2, 0) is 4.79 Å². The quantitative estimate of drug-likeness (QED) is 0.786. The highest BCUT2D eigenvalue weighted by Gasteiger charge is 2.21. The summed E-state index contributed by atoms with van der Waals surface area (Å²) in [4.78, 5) is 23.5. The van der Waals surface area contributed by atoms with E-state index in [1.54, 1.807) is 36.4 Å². The predicted octanol–water partition coefficient (Wildman–Crippen LogP) is 3.62. The fraction of sp³-hybridized carbons (Fsp3) is 0.125. The summed E-state index contributed by atoms with van der Waals surface area (Å²) in [7, 11) is 0. The fourth-order valence-electron chi connectivity index (χ4n) is 2.29. The standard InChI is InChI=1S/C16H14ClN3O3/c1-9-5-12-15(23-8-14(21)19-12)13(6-9)20-16(22)18-11-4-2-3-10(17)7-11/h2-7H,8H2,1H3,(H,19,21)(H2,18,20,22). The van der Waals surface area contributed by atoms with Gasteiger partial charge in [0.1, 0.15) is 0 Å². The van der Waals surface area contributed by atoms with Crippen molar-refractivity contribution < 1.29 is 14.3 Å². The molecule has 0 saturated heterocycles. The summed E-state index contributed by atoms with van der Waals surface area (Å²) in [6, 6.07) is 9.96. The Labute approximate surface area is 137 Å². The number of ether oxygens (including phenoxy) is 1. The number of aryl methyl sites for hydroxylation is 1. The molecule has 3 rings (SSSR count). The van der Waals surface area contributed by atoms with Gasteiger partial charge in [-0.05, 0) is 42.8 Å². The van der Waals surface area contributed by atoms with Crippen LogP contribution in [-0.4, -0.2) is 18.5 Å². The molecule has 118 valence electrons. The second-order valence-electron chi connectivity index (χ2n) is 5.12. The maximum atomic E-state index is 12.1. The third-order valence-corrected chi connectivity index (χ3v) is 3.42. The first kappa shape index (κ1) is 15.2. The van der Waals surface area contributed by atoms with Gasteiger partial charge in [0.25, 0.3) is 5.91 Å². The van der Waals surface area contributed by atoms with Crippen LogP contribution in [0.2, 0.25) is 5.02 Å². The summed E-state index contributed by atoms with van der Waals surface area (Å²) < 4.78 is 5.42. The molecule has 1 aliphatic heterocycles. The number of amides is 3. The molecule has 2 aromatic rings. The number of rotatable bonds is 2. The summed E-state index contributed by atoms with van der Waals surface area (Å²) in [5.41, 5.74) is 2.48. The molecule has 0 spiro atoms. The highest BCUT2D eigenvalue weighted by molar-refractivity contribution is 6.30. The molecule has 23 heavy (non-hydrogen) atoms. The molecule has 0 atom stereocenters. The number of nitrogens with one attached hydrogen (secondary N) is 3. The van der Waals surface area contributed by atoms with Gasteiger partial charge in [0.2, 0.25) is 0 Å². The number of benzene rings is 2. The highest BCUT2D eigenvalue weighted by atomic mass is 35.5. The highest BCUT2D eigenvalue weighted by Crippen LogP contribution is 2.37. The molecule has 0 aliphatic carbocycles. The summed E-state index contributed by atoms with van der Waals surface area (Å²) >= 11 is 5.89. The lowest BCUT2D eigenvalue weighted by atomic mass is 10.1. The Hall–Kier alpha value is -2.73. The SMILES string of the molecule is Cc1cc2c(c(NC(=O)Nc3cccc(Cl)c3)c1)OCC(=O)N2. The van der Waals surface area contributed by atoms with Gasteiger partial charge in [0.05, 0.1) is 11.4 Å². The zero-order valence-corrected chi connectivity index (χ0v) is 13.0. The van der Waals surface area contributed by atoms with E-state index in [0.717, 1.165) is 5.56 Å². The van der Waals surface area contributed by atoms with Crippen LogP contribution < -0.4 is 20.7 Å². The molecule has 0 fully saturated rings. The van der Waals surface area contributed by atoms with Gasteiger partial charge in [0, 0.05) is 10.7 Å². The van der Waals surface area contributed by atoms with Crippen molar-refractivity contribution in [2.45, 2.75) is 6.92 Å². The molecule has 0 unspecified atom stereocenters. The van der Waals surface area contributed by atoms with Crippen molar-refractivity contribution in [3.63, 3.8) is 0 Å². The van der Waals surface area contributed by atoms with E-state index in [1.807, 2.05) is 6.92 Å². The number of hydrogen-bond donors (Lipinski definition) is 3. The van der Waals surface area contributed by atoms with Crippen molar-refractivity contribution in [3.8, 4) is 5.75 Å². The first-order valence-electron chi connectivity index (χ1n) is 6.92. The normalized spacial score (nSPS) is 12.7. The minimum Gasteiger partial charge on any atom is -0.479 e. The van der Waals surface area contributed by atoms with Crippen molar-refractivity contribution in [3.05, 3.63) is 47.0 Å². The Morgan fingerprint density at radius 3 is 2.87 bits per heavy atom. The van der Waals surface area contributed by atoms with Gasteiger partial charge >= 0.3 is 6.03 Å². The van der Waals surface area contributed by atoms with E-state index in [4.69, 9.17) is 16.3 Å². The molecule has 1 heterocycles. The monoisotopic (exact) mass is 331 g/mol. The third kappa shape index (κ3) is 3.54. The van der Waals surface area contributed by atoms with Gasteiger partial charge in [-0.15, -0.1) is 0 Å². The van der Waals surface area contributed by atoms with Gasteiger partial charge in [-0.3, -0.25) is 4.79 Å².